The van der Waals surface area contributed by atoms with E-state index in [1.54, 1.807) is 27.3 Å². The van der Waals surface area contributed by atoms with Crippen LogP contribution < -0.4 is 0 Å². The Morgan fingerprint density at radius 1 is 0.867 bits per heavy atom. The molecule has 2 N–H and O–H groups in total. The number of hydrogen-bond acceptors (Lipinski definition) is 4. The maximum atomic E-state index is 10.3. The van der Waals surface area contributed by atoms with Gasteiger partial charge in [0.1, 0.15) is 22.7 Å². The Labute approximate surface area is 180 Å². The third-order valence-corrected chi connectivity index (χ3v) is 6.07. The Bertz CT molecular complexity index is 1420. The summed E-state index contributed by atoms with van der Waals surface area (Å²) >= 11 is 3.66. The van der Waals surface area contributed by atoms with Gasteiger partial charge in [-0.05, 0) is 64.7 Å². The summed E-state index contributed by atoms with van der Waals surface area (Å²) in [5.41, 5.74) is 7.75. The van der Waals surface area contributed by atoms with Gasteiger partial charge in [0.05, 0.1) is 0 Å². The van der Waals surface area contributed by atoms with Gasteiger partial charge >= 0.3 is 0 Å². The minimum Gasteiger partial charge on any atom is -0.493 e. The van der Waals surface area contributed by atoms with Crippen LogP contribution in [0.2, 0.25) is 0 Å². The van der Waals surface area contributed by atoms with E-state index in [4.69, 9.17) is 0 Å². The van der Waals surface area contributed by atoms with Gasteiger partial charge in [-0.25, -0.2) is 9.97 Å². The van der Waals surface area contributed by atoms with Crippen molar-refractivity contribution in [2.75, 3.05) is 0 Å². The molecule has 6 nitrogen and oxygen atoms in total. The first-order chi connectivity index (χ1) is 14.6. The lowest BCUT2D eigenvalue weighted by Crippen LogP contribution is -1.80. The summed E-state index contributed by atoms with van der Waals surface area (Å²) in [7, 11) is 0. The highest BCUT2D eigenvalue weighted by Gasteiger charge is 2.16. The number of halogens is 1. The third kappa shape index (κ3) is 3.14. The van der Waals surface area contributed by atoms with Crippen LogP contribution in [0.15, 0.2) is 76.2 Å². The van der Waals surface area contributed by atoms with Gasteiger partial charge in [-0.15, -0.1) is 5.73 Å². The maximum Gasteiger partial charge on any atom is 0.224 e. The normalized spacial score (nSPS) is 14.4. The number of aromatic hydroxyl groups is 2. The summed E-state index contributed by atoms with van der Waals surface area (Å²) in [5.74, 6) is 0.216. The summed E-state index contributed by atoms with van der Waals surface area (Å²) in [6.07, 6.45) is 10.7. The molecule has 0 spiro atoms. The highest BCUT2D eigenvalue weighted by atomic mass is 79.9. The van der Waals surface area contributed by atoms with Gasteiger partial charge in [0.25, 0.3) is 0 Å². The van der Waals surface area contributed by atoms with Crippen LogP contribution in [-0.4, -0.2) is 29.0 Å². The number of allylic oxidation sites excluding steroid dienone is 4. The quantitative estimate of drug-likeness (QED) is 0.417. The highest BCUT2D eigenvalue weighted by Crippen LogP contribution is 2.36. The number of rotatable bonds is 3. The Hall–Kier alpha value is -3.54. The molecule has 0 aromatic carbocycles. The Kier molecular flexibility index (Phi) is 4.54. The van der Waals surface area contributed by atoms with Crippen molar-refractivity contribution in [2.24, 2.45) is 0 Å². The SMILES string of the molecule is Oc1c(C=C=C2CCC(C=Cc3nc4ccccn4c3O)=C2Br)nc2ccccn12. The summed E-state index contributed by atoms with van der Waals surface area (Å²) in [4.78, 5) is 8.87. The topological polar surface area (TPSA) is 75.1 Å². The molecular formula is C23H17BrN4O2. The van der Waals surface area contributed by atoms with E-state index < -0.39 is 0 Å². The first-order valence-corrected chi connectivity index (χ1v) is 10.3. The summed E-state index contributed by atoms with van der Waals surface area (Å²) < 4.78 is 4.24. The molecule has 1 aliphatic rings. The minimum atomic E-state index is 0.0965. The van der Waals surface area contributed by atoms with Gasteiger partial charge in [0.2, 0.25) is 11.8 Å². The van der Waals surface area contributed by atoms with E-state index in [1.807, 2.05) is 48.6 Å². The average Bonchev–Trinajstić information content (AvgIpc) is 3.39. The van der Waals surface area contributed by atoms with Crippen molar-refractivity contribution in [2.45, 2.75) is 12.8 Å². The molecule has 4 aromatic rings. The first-order valence-electron chi connectivity index (χ1n) is 9.46. The van der Waals surface area contributed by atoms with Crippen molar-refractivity contribution in [3.63, 3.8) is 0 Å². The van der Waals surface area contributed by atoms with Crippen molar-refractivity contribution in [3.05, 3.63) is 87.6 Å². The largest absolute Gasteiger partial charge is 0.493 e. The zero-order valence-electron chi connectivity index (χ0n) is 15.8. The number of hydrogen-bond donors (Lipinski definition) is 2. The van der Waals surface area contributed by atoms with E-state index in [0.29, 0.717) is 22.7 Å². The number of nitrogens with zero attached hydrogens (tertiary/aromatic N) is 4. The van der Waals surface area contributed by atoms with Crippen molar-refractivity contribution < 1.29 is 10.2 Å². The molecule has 0 atom stereocenters. The van der Waals surface area contributed by atoms with E-state index >= 15 is 0 Å². The van der Waals surface area contributed by atoms with Gasteiger partial charge in [-0.2, -0.15) is 0 Å². The fraction of sp³-hybridized carbons (Fsp3) is 0.0870. The highest BCUT2D eigenvalue weighted by molar-refractivity contribution is 9.12. The average molecular weight is 461 g/mol. The Morgan fingerprint density at radius 2 is 1.50 bits per heavy atom. The molecule has 0 aliphatic heterocycles. The van der Waals surface area contributed by atoms with Gasteiger partial charge in [-0.1, -0.05) is 18.2 Å². The molecule has 148 valence electrons. The van der Waals surface area contributed by atoms with E-state index in [2.05, 4.69) is 31.6 Å². The van der Waals surface area contributed by atoms with Crippen LogP contribution in [0.25, 0.3) is 23.4 Å². The van der Waals surface area contributed by atoms with Crippen molar-refractivity contribution >= 4 is 39.4 Å². The zero-order valence-corrected chi connectivity index (χ0v) is 17.4. The lowest BCUT2D eigenvalue weighted by atomic mass is 10.2. The molecule has 4 heterocycles. The van der Waals surface area contributed by atoms with Crippen LogP contribution in [0.4, 0.5) is 0 Å². The monoisotopic (exact) mass is 460 g/mol. The van der Waals surface area contributed by atoms with Crippen LogP contribution in [0.5, 0.6) is 11.8 Å². The molecule has 5 rings (SSSR count). The molecular weight excluding hydrogens is 444 g/mol. The lowest BCUT2D eigenvalue weighted by molar-refractivity contribution is 0.446. The van der Waals surface area contributed by atoms with Crippen LogP contribution in [-0.2, 0) is 0 Å². The van der Waals surface area contributed by atoms with Gasteiger partial charge in [0, 0.05) is 28.5 Å². The molecule has 7 heteroatoms. The third-order valence-electron chi connectivity index (χ3n) is 5.08. The fourth-order valence-corrected chi connectivity index (χ4v) is 4.15. The Balaban J connectivity index is 1.45. The summed E-state index contributed by atoms with van der Waals surface area (Å²) in [6, 6.07) is 11.1. The number of pyridine rings is 2. The lowest BCUT2D eigenvalue weighted by Gasteiger charge is -1.95. The molecule has 1 aliphatic carbocycles. The minimum absolute atomic E-state index is 0.0965. The summed E-state index contributed by atoms with van der Waals surface area (Å²) in [5, 5.41) is 20.7. The van der Waals surface area contributed by atoms with Crippen molar-refractivity contribution in [1.82, 2.24) is 18.8 Å². The van der Waals surface area contributed by atoms with Crippen LogP contribution >= 0.6 is 15.9 Å². The molecule has 0 amide bonds. The standard InChI is InChI=1S/C23H17BrN4O2/c24-21-15(9-11-17-22(29)27-13-3-1-5-19(27)25-17)7-8-16(21)10-12-18-23(30)28-14-4-2-6-20(28)26-18/h1-6,9,11-14,29-30H,7-8H2. The van der Waals surface area contributed by atoms with E-state index in [9.17, 15) is 10.2 Å². The second kappa shape index (κ2) is 7.37. The van der Waals surface area contributed by atoms with Crippen LogP contribution in [0, 0.1) is 0 Å². The van der Waals surface area contributed by atoms with E-state index in [-0.39, 0.29) is 11.8 Å². The van der Waals surface area contributed by atoms with E-state index in [1.165, 1.54) is 0 Å². The second-order valence-corrected chi connectivity index (χ2v) is 7.73. The van der Waals surface area contributed by atoms with Gasteiger partial charge < -0.3 is 10.2 Å². The summed E-state index contributed by atoms with van der Waals surface area (Å²) in [6.45, 7) is 0. The Morgan fingerprint density at radius 3 is 2.17 bits per heavy atom. The molecule has 0 saturated heterocycles. The van der Waals surface area contributed by atoms with Gasteiger partial charge in [0.15, 0.2) is 0 Å². The van der Waals surface area contributed by atoms with Crippen molar-refractivity contribution in [3.8, 4) is 11.8 Å². The smallest absolute Gasteiger partial charge is 0.224 e. The van der Waals surface area contributed by atoms with Crippen LogP contribution in [0.1, 0.15) is 24.2 Å². The second-order valence-electron chi connectivity index (χ2n) is 6.94. The molecule has 0 fully saturated rings. The van der Waals surface area contributed by atoms with Crippen LogP contribution in [0.3, 0.4) is 0 Å². The van der Waals surface area contributed by atoms with Gasteiger partial charge in [-0.3, -0.25) is 8.80 Å². The number of imidazole rings is 2. The zero-order chi connectivity index (χ0) is 20.7. The fourth-order valence-electron chi connectivity index (χ4n) is 3.51. The molecule has 4 aromatic heterocycles. The predicted molar refractivity (Wildman–Crippen MR) is 119 cm³/mol. The molecule has 0 bridgehead atoms. The molecule has 30 heavy (non-hydrogen) atoms. The molecule has 0 unspecified atom stereocenters. The molecule has 0 radical (unpaired) electrons. The number of fused-ring (bicyclic) bond motifs is 2. The number of aromatic nitrogens is 4. The molecule has 0 saturated carbocycles. The predicted octanol–water partition coefficient (Wildman–Crippen LogP) is 5.09. The maximum absolute atomic E-state index is 10.3. The first kappa shape index (κ1) is 18.5. The van der Waals surface area contributed by atoms with E-state index in [0.717, 1.165) is 28.5 Å². The van der Waals surface area contributed by atoms with Crippen molar-refractivity contribution in [1.29, 1.82) is 0 Å².